The first kappa shape index (κ1) is 20.0. The fourth-order valence-electron chi connectivity index (χ4n) is 1.83. The number of hydrogen-bond acceptors (Lipinski definition) is 2. The van der Waals surface area contributed by atoms with Crippen molar-refractivity contribution in [1.29, 1.82) is 0 Å². The molecule has 4 N–H and O–H groups in total. The molecular formula is C12H26O6P2. The van der Waals surface area contributed by atoms with Gasteiger partial charge in [-0.05, 0) is 19.3 Å². The van der Waals surface area contributed by atoms with E-state index in [1.165, 1.54) is 19.3 Å². The van der Waals surface area contributed by atoms with Crippen LogP contribution in [0.3, 0.4) is 0 Å². The number of allylic oxidation sites excluding steroid dienone is 2. The Balaban J connectivity index is 4.08. The van der Waals surface area contributed by atoms with Gasteiger partial charge in [0.05, 0.1) is 11.8 Å². The first-order chi connectivity index (χ1) is 9.17. The van der Waals surface area contributed by atoms with Crippen molar-refractivity contribution in [3.8, 4) is 0 Å². The first-order valence-corrected chi connectivity index (χ1v) is 10.4. The minimum absolute atomic E-state index is 0.00958. The maximum absolute atomic E-state index is 11.2. The fraction of sp³-hybridized carbons (Fsp3) is 0.833. The third-order valence-electron chi connectivity index (χ3n) is 2.97. The molecule has 1 atom stereocenters. The molecule has 0 spiro atoms. The van der Waals surface area contributed by atoms with Gasteiger partial charge in [0, 0.05) is 0 Å². The van der Waals surface area contributed by atoms with Crippen LogP contribution in [0.15, 0.2) is 12.2 Å². The van der Waals surface area contributed by atoms with Crippen molar-refractivity contribution in [2.45, 2.75) is 57.5 Å². The maximum Gasteiger partial charge on any atom is 0.329 e. The highest BCUT2D eigenvalue weighted by Crippen LogP contribution is 2.50. The lowest BCUT2D eigenvalue weighted by atomic mass is 10.1. The van der Waals surface area contributed by atoms with Crippen LogP contribution in [0.4, 0.5) is 0 Å². The molecule has 0 radical (unpaired) electrons. The van der Waals surface area contributed by atoms with Crippen molar-refractivity contribution >= 4 is 15.2 Å². The first-order valence-electron chi connectivity index (χ1n) is 6.91. The molecule has 0 amide bonds. The van der Waals surface area contributed by atoms with Crippen molar-refractivity contribution in [3.63, 3.8) is 0 Å². The molecule has 20 heavy (non-hydrogen) atoms. The predicted molar refractivity (Wildman–Crippen MR) is 79.9 cm³/mol. The normalized spacial score (nSPS) is 14.8. The Labute approximate surface area is 120 Å². The van der Waals surface area contributed by atoms with Crippen molar-refractivity contribution in [2.24, 2.45) is 0 Å². The summed E-state index contributed by atoms with van der Waals surface area (Å²) in [6.07, 6.45) is 9.21. The molecule has 0 aromatic carbocycles. The Bertz CT molecular complexity index is 370. The standard InChI is InChI=1S/C12H26O6P2/c1-2-3-4-5-6-7-8-9-10-12(20(16,17)18)11-19(13,14)15/h8-9,12H,2-7,10-11H2,1H3,(H2,13,14,15)(H2,16,17,18)/b9-8+. The largest absolute Gasteiger partial charge is 0.329 e. The summed E-state index contributed by atoms with van der Waals surface area (Å²) in [6, 6.07) is 0. The zero-order chi connectivity index (χ0) is 15.6. The smallest absolute Gasteiger partial charge is 0.324 e. The summed E-state index contributed by atoms with van der Waals surface area (Å²) in [5.41, 5.74) is -1.31. The van der Waals surface area contributed by atoms with E-state index >= 15 is 0 Å². The number of hydrogen-bond donors (Lipinski definition) is 4. The molecule has 0 aromatic heterocycles. The quantitative estimate of drug-likeness (QED) is 0.263. The lowest BCUT2D eigenvalue weighted by Gasteiger charge is -2.17. The monoisotopic (exact) mass is 328 g/mol. The fourth-order valence-corrected chi connectivity index (χ4v) is 4.41. The molecule has 8 heteroatoms. The highest BCUT2D eigenvalue weighted by molar-refractivity contribution is 7.56. The molecule has 0 saturated heterocycles. The second-order valence-corrected chi connectivity index (χ2v) is 8.60. The van der Waals surface area contributed by atoms with Gasteiger partial charge in [-0.15, -0.1) is 0 Å². The second kappa shape index (κ2) is 9.88. The topological polar surface area (TPSA) is 115 Å². The minimum Gasteiger partial charge on any atom is -0.324 e. The van der Waals surface area contributed by atoms with Crippen LogP contribution in [0.1, 0.15) is 51.9 Å². The van der Waals surface area contributed by atoms with Crippen LogP contribution in [0.2, 0.25) is 0 Å². The molecule has 6 nitrogen and oxygen atoms in total. The molecule has 0 aromatic rings. The van der Waals surface area contributed by atoms with Crippen LogP contribution in [-0.4, -0.2) is 31.4 Å². The van der Waals surface area contributed by atoms with E-state index in [4.69, 9.17) is 19.6 Å². The molecule has 0 aliphatic carbocycles. The van der Waals surface area contributed by atoms with Gasteiger partial charge in [-0.2, -0.15) is 0 Å². The maximum atomic E-state index is 11.2. The van der Waals surface area contributed by atoms with Gasteiger partial charge in [0.1, 0.15) is 0 Å². The summed E-state index contributed by atoms with van der Waals surface area (Å²) in [7, 11) is -8.90. The number of unbranched alkanes of at least 4 members (excludes halogenated alkanes) is 5. The molecule has 0 aliphatic heterocycles. The van der Waals surface area contributed by atoms with Crippen LogP contribution < -0.4 is 0 Å². The van der Waals surface area contributed by atoms with E-state index in [2.05, 4.69) is 6.92 Å². The second-order valence-electron chi connectivity index (χ2n) is 5.00. The SMILES string of the molecule is CCCCCCC/C=C/CC(CP(=O)(O)O)P(=O)(O)O. The Morgan fingerprint density at radius 3 is 2.05 bits per heavy atom. The van der Waals surface area contributed by atoms with Crippen LogP contribution >= 0.6 is 15.2 Å². The molecule has 0 fully saturated rings. The van der Waals surface area contributed by atoms with E-state index in [0.29, 0.717) is 0 Å². The van der Waals surface area contributed by atoms with Gasteiger partial charge < -0.3 is 19.6 Å². The van der Waals surface area contributed by atoms with Crippen LogP contribution in [-0.2, 0) is 9.13 Å². The molecule has 0 saturated carbocycles. The minimum atomic E-state index is -4.49. The highest BCUT2D eigenvalue weighted by atomic mass is 31.2. The Morgan fingerprint density at radius 2 is 1.55 bits per heavy atom. The molecule has 1 unspecified atom stereocenters. The Kier molecular flexibility index (Phi) is 9.90. The average Bonchev–Trinajstić information content (AvgIpc) is 2.28. The predicted octanol–water partition coefficient (Wildman–Crippen LogP) is 3.02. The molecule has 120 valence electrons. The Morgan fingerprint density at radius 1 is 0.950 bits per heavy atom. The summed E-state index contributed by atoms with van der Waals surface area (Å²) in [5, 5.41) is 0. The molecule has 0 rings (SSSR count). The van der Waals surface area contributed by atoms with E-state index < -0.39 is 27.0 Å². The Hall–Kier alpha value is 0.0400. The summed E-state index contributed by atoms with van der Waals surface area (Å²) in [4.78, 5) is 35.8. The third-order valence-corrected chi connectivity index (χ3v) is 5.52. The van der Waals surface area contributed by atoms with Gasteiger partial charge in [-0.1, -0.05) is 44.8 Å². The van der Waals surface area contributed by atoms with E-state index in [0.717, 1.165) is 19.3 Å². The van der Waals surface area contributed by atoms with Crippen LogP contribution in [0, 0.1) is 0 Å². The molecular weight excluding hydrogens is 302 g/mol. The van der Waals surface area contributed by atoms with E-state index in [-0.39, 0.29) is 6.42 Å². The lowest BCUT2D eigenvalue weighted by Crippen LogP contribution is -2.13. The average molecular weight is 328 g/mol. The van der Waals surface area contributed by atoms with Gasteiger partial charge in [0.2, 0.25) is 0 Å². The van der Waals surface area contributed by atoms with Gasteiger partial charge in [-0.3, -0.25) is 9.13 Å². The molecule has 0 heterocycles. The van der Waals surface area contributed by atoms with E-state index in [1.54, 1.807) is 6.08 Å². The zero-order valence-electron chi connectivity index (χ0n) is 11.9. The molecule has 0 aliphatic rings. The number of rotatable bonds is 11. The van der Waals surface area contributed by atoms with Crippen molar-refractivity contribution in [2.75, 3.05) is 6.16 Å². The van der Waals surface area contributed by atoms with Crippen molar-refractivity contribution in [3.05, 3.63) is 12.2 Å². The van der Waals surface area contributed by atoms with Gasteiger partial charge in [0.25, 0.3) is 0 Å². The van der Waals surface area contributed by atoms with Crippen LogP contribution in [0.25, 0.3) is 0 Å². The third kappa shape index (κ3) is 11.8. The zero-order valence-corrected chi connectivity index (χ0v) is 13.7. The van der Waals surface area contributed by atoms with Gasteiger partial charge in [0.15, 0.2) is 0 Å². The summed E-state index contributed by atoms with van der Waals surface area (Å²) in [5.74, 6) is 0. The summed E-state index contributed by atoms with van der Waals surface area (Å²) in [6.45, 7) is 2.14. The van der Waals surface area contributed by atoms with E-state index in [1.807, 2.05) is 6.08 Å². The van der Waals surface area contributed by atoms with Crippen LogP contribution in [0.5, 0.6) is 0 Å². The van der Waals surface area contributed by atoms with Gasteiger partial charge in [-0.25, -0.2) is 0 Å². The summed E-state index contributed by atoms with van der Waals surface area (Å²) >= 11 is 0. The van der Waals surface area contributed by atoms with Gasteiger partial charge >= 0.3 is 15.2 Å². The lowest BCUT2D eigenvalue weighted by molar-refractivity contribution is 0.346. The summed E-state index contributed by atoms with van der Waals surface area (Å²) < 4.78 is 22.0. The highest BCUT2D eigenvalue weighted by Gasteiger charge is 2.33. The molecule has 0 bridgehead atoms. The van der Waals surface area contributed by atoms with Crippen molar-refractivity contribution < 1.29 is 28.7 Å². The van der Waals surface area contributed by atoms with Crippen molar-refractivity contribution in [1.82, 2.24) is 0 Å². The van der Waals surface area contributed by atoms with E-state index in [9.17, 15) is 9.13 Å².